The van der Waals surface area contributed by atoms with Crippen molar-refractivity contribution in [1.29, 1.82) is 0 Å². The van der Waals surface area contributed by atoms with E-state index in [1.54, 1.807) is 0 Å². The molecule has 0 aliphatic heterocycles. The SMILES string of the molecule is c1cc(CNc2ccc3ccc4cccc5ccc2c3c45)c([Se]c2c(CNc3ccc4ccc5cccc6ccc3c4c56)cccc2CNc2ccc3ccc4cccc5ccc2c3c45)c(CNc2ccc3ccc4cccc5ccc2c3c45)c1. The van der Waals surface area contributed by atoms with Gasteiger partial charge in [-0.2, -0.15) is 0 Å². The van der Waals surface area contributed by atoms with Gasteiger partial charge in [0.05, 0.1) is 0 Å². The van der Waals surface area contributed by atoms with Crippen LogP contribution in [0, 0.1) is 0 Å². The molecule has 400 valence electrons. The molecule has 0 spiro atoms. The third-order valence-electron chi connectivity index (χ3n) is 18.6. The van der Waals surface area contributed by atoms with Crippen LogP contribution in [0.4, 0.5) is 22.7 Å². The molecule has 0 fully saturated rings. The van der Waals surface area contributed by atoms with Crippen LogP contribution in [-0.4, -0.2) is 15.0 Å². The topological polar surface area (TPSA) is 48.1 Å². The van der Waals surface area contributed by atoms with Crippen LogP contribution in [0.5, 0.6) is 0 Å². The van der Waals surface area contributed by atoms with Gasteiger partial charge in [0.15, 0.2) is 0 Å². The summed E-state index contributed by atoms with van der Waals surface area (Å²) in [6.07, 6.45) is 0. The van der Waals surface area contributed by atoms with Crippen molar-refractivity contribution in [2.45, 2.75) is 26.2 Å². The van der Waals surface area contributed by atoms with E-state index in [9.17, 15) is 0 Å². The summed E-state index contributed by atoms with van der Waals surface area (Å²) < 4.78 is 2.79. The number of hydrogen-bond donors (Lipinski definition) is 4. The molecular weight excluding hydrogens is 1100 g/mol. The first-order chi connectivity index (χ1) is 42.1. The van der Waals surface area contributed by atoms with Gasteiger partial charge in [-0.15, -0.1) is 0 Å². The Kier molecular flexibility index (Phi) is 10.9. The first-order valence-electron chi connectivity index (χ1n) is 29.6. The predicted molar refractivity (Wildman–Crippen MR) is 368 cm³/mol. The summed E-state index contributed by atoms with van der Waals surface area (Å²) >= 11 is -0.152. The van der Waals surface area contributed by atoms with E-state index in [0.29, 0.717) is 26.2 Å². The number of nitrogens with one attached hydrogen (secondary N) is 4. The van der Waals surface area contributed by atoms with Crippen LogP contribution in [0.25, 0.3) is 129 Å². The molecule has 0 atom stereocenters. The van der Waals surface area contributed by atoms with Gasteiger partial charge in [0.1, 0.15) is 0 Å². The Morgan fingerprint density at radius 1 is 0.188 bits per heavy atom. The fraction of sp³-hybridized carbons (Fsp3) is 0.0500. The molecule has 0 aromatic heterocycles. The van der Waals surface area contributed by atoms with E-state index >= 15 is 0 Å². The molecule has 0 saturated carbocycles. The molecule has 0 bridgehead atoms. The van der Waals surface area contributed by atoms with E-state index < -0.39 is 0 Å². The Bertz CT molecular complexity index is 4920. The van der Waals surface area contributed by atoms with Gasteiger partial charge < -0.3 is 0 Å². The number of hydrogen-bond acceptors (Lipinski definition) is 4. The summed E-state index contributed by atoms with van der Waals surface area (Å²) in [5.41, 5.74) is 9.83. The van der Waals surface area contributed by atoms with Gasteiger partial charge in [-0.25, -0.2) is 0 Å². The average Bonchev–Trinajstić information content (AvgIpc) is 2.29. The maximum atomic E-state index is 4.06. The molecule has 5 heteroatoms. The summed E-state index contributed by atoms with van der Waals surface area (Å²) in [5, 5.41) is 47.2. The number of rotatable bonds is 14. The van der Waals surface area contributed by atoms with Crippen LogP contribution in [0.3, 0.4) is 0 Å². The van der Waals surface area contributed by atoms with Crippen LogP contribution >= 0.6 is 0 Å². The van der Waals surface area contributed by atoms with E-state index in [4.69, 9.17) is 0 Å². The van der Waals surface area contributed by atoms with Gasteiger partial charge >= 0.3 is 500 Å². The molecule has 85 heavy (non-hydrogen) atoms. The van der Waals surface area contributed by atoms with Crippen molar-refractivity contribution in [2.75, 3.05) is 21.3 Å². The van der Waals surface area contributed by atoms with Gasteiger partial charge in [0.25, 0.3) is 0 Å². The van der Waals surface area contributed by atoms with Crippen molar-refractivity contribution in [3.8, 4) is 0 Å². The van der Waals surface area contributed by atoms with Crippen LogP contribution in [0.1, 0.15) is 22.3 Å². The molecule has 0 amide bonds. The van der Waals surface area contributed by atoms with E-state index in [1.165, 1.54) is 160 Å². The third kappa shape index (κ3) is 7.74. The first kappa shape index (κ1) is 48.4. The van der Waals surface area contributed by atoms with E-state index in [2.05, 4.69) is 276 Å². The summed E-state index contributed by atoms with van der Waals surface area (Å²) in [6, 6.07) is 95.6. The Morgan fingerprint density at radius 2 is 0.376 bits per heavy atom. The van der Waals surface area contributed by atoms with Gasteiger partial charge in [0.2, 0.25) is 0 Å². The fourth-order valence-electron chi connectivity index (χ4n) is 14.5. The summed E-state index contributed by atoms with van der Waals surface area (Å²) in [5.74, 6) is 0. The maximum absolute atomic E-state index is 4.06. The third-order valence-corrected chi connectivity index (χ3v) is 21.6. The Balaban J connectivity index is 0.766. The Hall–Kier alpha value is -10.2. The average molecular weight is 1150 g/mol. The molecule has 0 aliphatic rings. The van der Waals surface area contributed by atoms with Crippen LogP contribution in [-0.2, 0) is 26.2 Å². The summed E-state index contributed by atoms with van der Waals surface area (Å²) in [7, 11) is 0. The van der Waals surface area contributed by atoms with Crippen molar-refractivity contribution in [3.05, 3.63) is 277 Å². The second kappa shape index (κ2) is 19.2. The van der Waals surface area contributed by atoms with Crippen molar-refractivity contribution in [2.24, 2.45) is 0 Å². The molecular formula is C80H54N4Se. The molecule has 18 aromatic rings. The second-order valence-electron chi connectivity index (χ2n) is 23.2. The number of benzene rings is 18. The monoisotopic (exact) mass is 1150 g/mol. The normalized spacial score (nSPS) is 12.2. The standard InChI is InChI=1S/C80H54N4Se/c1-7-47-19-23-55-31-39-67(63-35-27-51(11-1)71(47)75(55)63)81-43-59-15-5-16-60(44-82-68-40-32-56-24-20-48-8-2-12-52-28-36-64(68)76(56)72(48)52)79(59)85-80-61(45-83-69-41-33-57-25-21-49-9-3-13-53-29-37-65(69)77(57)73(49)53)17-6-18-62(80)46-84-70-42-34-58-26-22-50-10-4-14-54-30-38-66(70)78(58)74(50)54/h1-42,81-84H,43-46H2. The van der Waals surface area contributed by atoms with Crippen LogP contribution in [0.15, 0.2) is 255 Å². The second-order valence-corrected chi connectivity index (χ2v) is 25.3. The van der Waals surface area contributed by atoms with E-state index in [-0.39, 0.29) is 15.0 Å². The van der Waals surface area contributed by atoms with Crippen molar-refractivity contribution in [3.63, 3.8) is 0 Å². The molecule has 18 rings (SSSR count). The molecule has 0 saturated heterocycles. The zero-order valence-corrected chi connectivity index (χ0v) is 48.2. The van der Waals surface area contributed by atoms with E-state index in [0.717, 1.165) is 22.7 Å². The van der Waals surface area contributed by atoms with Crippen molar-refractivity contribution in [1.82, 2.24) is 0 Å². The molecule has 4 N–H and O–H groups in total. The zero-order valence-electron chi connectivity index (χ0n) is 46.5. The first-order valence-corrected chi connectivity index (χ1v) is 31.3. The molecule has 0 heterocycles. The zero-order chi connectivity index (χ0) is 55.7. The van der Waals surface area contributed by atoms with E-state index in [1.807, 2.05) is 0 Å². The molecule has 0 radical (unpaired) electrons. The van der Waals surface area contributed by atoms with Gasteiger partial charge in [-0.05, 0) is 0 Å². The summed E-state index contributed by atoms with van der Waals surface area (Å²) in [4.78, 5) is 0. The molecule has 0 unspecified atom stereocenters. The minimum atomic E-state index is -0.152. The van der Waals surface area contributed by atoms with Crippen LogP contribution in [0.2, 0.25) is 0 Å². The fourth-order valence-corrected chi connectivity index (χ4v) is 17.2. The Morgan fingerprint density at radius 3 is 0.612 bits per heavy atom. The van der Waals surface area contributed by atoms with Gasteiger partial charge in [-0.3, -0.25) is 0 Å². The number of anilines is 4. The van der Waals surface area contributed by atoms with Crippen LogP contribution < -0.4 is 30.2 Å². The predicted octanol–water partition coefficient (Wildman–Crippen LogP) is 19.4. The minimum absolute atomic E-state index is 0.152. The van der Waals surface area contributed by atoms with Crippen molar-refractivity contribution < 1.29 is 0 Å². The molecule has 0 aliphatic carbocycles. The van der Waals surface area contributed by atoms with Gasteiger partial charge in [0, 0.05) is 0 Å². The summed E-state index contributed by atoms with van der Waals surface area (Å²) in [6.45, 7) is 2.69. The molecule has 18 aromatic carbocycles. The quantitative estimate of drug-likeness (QED) is 0.0647. The van der Waals surface area contributed by atoms with Gasteiger partial charge in [-0.1, -0.05) is 0 Å². The van der Waals surface area contributed by atoms with Crippen molar-refractivity contribution >= 4 is 176 Å². The molecule has 4 nitrogen and oxygen atoms in total. The Labute approximate surface area is 497 Å².